The van der Waals surface area contributed by atoms with E-state index in [-0.39, 0.29) is 12.2 Å². The molecule has 3 heteroatoms. The summed E-state index contributed by atoms with van der Waals surface area (Å²) in [6, 6.07) is 10.0. The molecule has 2 unspecified atom stereocenters. The van der Waals surface area contributed by atoms with Gasteiger partial charge in [0, 0.05) is 13.2 Å². The van der Waals surface area contributed by atoms with Gasteiger partial charge < -0.3 is 15.2 Å². The van der Waals surface area contributed by atoms with Crippen LogP contribution < -0.4 is 5.73 Å². The normalized spacial score (nSPS) is 14.7. The Balaban J connectivity index is 2.49. The predicted octanol–water partition coefficient (Wildman–Crippen LogP) is 2.13. The quantitative estimate of drug-likeness (QED) is 0.770. The predicted molar refractivity (Wildman–Crippen MR) is 65.3 cm³/mol. The molecule has 90 valence electrons. The summed E-state index contributed by atoms with van der Waals surface area (Å²) in [6.07, 6.45) is 0.0189. The van der Waals surface area contributed by atoms with Crippen LogP contribution in [0.2, 0.25) is 0 Å². The second-order valence-corrected chi connectivity index (χ2v) is 3.74. The van der Waals surface area contributed by atoms with Gasteiger partial charge in [0.05, 0.1) is 18.8 Å². The third-order valence-corrected chi connectivity index (χ3v) is 2.34. The van der Waals surface area contributed by atoms with Crippen LogP contribution in [0.15, 0.2) is 30.3 Å². The maximum absolute atomic E-state index is 5.84. The average Bonchev–Trinajstić information content (AvgIpc) is 2.34. The zero-order chi connectivity index (χ0) is 11.8. The van der Waals surface area contributed by atoms with Crippen molar-refractivity contribution in [2.45, 2.75) is 26.1 Å². The van der Waals surface area contributed by atoms with E-state index >= 15 is 0 Å². The topological polar surface area (TPSA) is 44.5 Å². The Morgan fingerprint density at radius 3 is 2.50 bits per heavy atom. The van der Waals surface area contributed by atoms with Gasteiger partial charge in [-0.2, -0.15) is 0 Å². The molecule has 0 aromatic heterocycles. The molecule has 0 aliphatic rings. The fraction of sp³-hybridized carbons (Fsp3) is 0.538. The summed E-state index contributed by atoms with van der Waals surface area (Å²) >= 11 is 0. The first-order chi connectivity index (χ1) is 7.77. The van der Waals surface area contributed by atoms with Crippen LogP contribution in [0.5, 0.6) is 0 Å². The first-order valence-corrected chi connectivity index (χ1v) is 5.76. The molecule has 0 bridgehead atoms. The highest BCUT2D eigenvalue weighted by Crippen LogP contribution is 2.17. The molecule has 3 nitrogen and oxygen atoms in total. The summed E-state index contributed by atoms with van der Waals surface area (Å²) < 4.78 is 11.1. The van der Waals surface area contributed by atoms with E-state index in [1.165, 1.54) is 0 Å². The van der Waals surface area contributed by atoms with Crippen molar-refractivity contribution in [3.8, 4) is 0 Å². The number of hydrogen-bond donors (Lipinski definition) is 1. The second kappa shape index (κ2) is 7.39. The zero-order valence-electron chi connectivity index (χ0n) is 10.1. The SMILES string of the molecule is CCOCC(C)OC(CN)c1ccccc1. The Labute approximate surface area is 97.6 Å². The van der Waals surface area contributed by atoms with Gasteiger partial charge in [0.15, 0.2) is 0 Å². The number of benzene rings is 1. The first-order valence-electron chi connectivity index (χ1n) is 5.76. The molecule has 1 aromatic rings. The van der Waals surface area contributed by atoms with Crippen molar-refractivity contribution < 1.29 is 9.47 Å². The van der Waals surface area contributed by atoms with Crippen LogP contribution in [-0.4, -0.2) is 25.9 Å². The number of rotatable bonds is 7. The van der Waals surface area contributed by atoms with Gasteiger partial charge in [-0.05, 0) is 19.4 Å². The molecular formula is C13H21NO2. The minimum Gasteiger partial charge on any atom is -0.379 e. The van der Waals surface area contributed by atoms with Crippen LogP contribution in [0, 0.1) is 0 Å². The first kappa shape index (κ1) is 13.2. The van der Waals surface area contributed by atoms with Crippen molar-refractivity contribution in [3.05, 3.63) is 35.9 Å². The highest BCUT2D eigenvalue weighted by Gasteiger charge is 2.13. The molecule has 0 aliphatic carbocycles. The molecule has 2 N–H and O–H groups in total. The number of nitrogens with two attached hydrogens (primary N) is 1. The van der Waals surface area contributed by atoms with Gasteiger partial charge in [-0.25, -0.2) is 0 Å². The minimum atomic E-state index is -0.0448. The lowest BCUT2D eigenvalue weighted by Gasteiger charge is -2.21. The summed E-state index contributed by atoms with van der Waals surface area (Å²) in [5.41, 5.74) is 6.83. The van der Waals surface area contributed by atoms with Gasteiger partial charge in [-0.15, -0.1) is 0 Å². The van der Waals surface area contributed by atoms with E-state index in [1.54, 1.807) is 0 Å². The maximum Gasteiger partial charge on any atom is 0.0951 e. The fourth-order valence-corrected chi connectivity index (χ4v) is 1.54. The summed E-state index contributed by atoms with van der Waals surface area (Å²) in [6.45, 7) is 5.79. The van der Waals surface area contributed by atoms with E-state index in [0.29, 0.717) is 19.8 Å². The van der Waals surface area contributed by atoms with Crippen LogP contribution in [0.25, 0.3) is 0 Å². The third-order valence-electron chi connectivity index (χ3n) is 2.34. The highest BCUT2D eigenvalue weighted by atomic mass is 16.5. The largest absolute Gasteiger partial charge is 0.379 e. The molecule has 0 amide bonds. The van der Waals surface area contributed by atoms with E-state index in [1.807, 2.05) is 44.2 Å². The molecule has 0 radical (unpaired) electrons. The van der Waals surface area contributed by atoms with Crippen molar-refractivity contribution in [1.82, 2.24) is 0 Å². The molecular weight excluding hydrogens is 202 g/mol. The van der Waals surface area contributed by atoms with Gasteiger partial charge in [0.2, 0.25) is 0 Å². The minimum absolute atomic E-state index is 0.0448. The van der Waals surface area contributed by atoms with E-state index in [9.17, 15) is 0 Å². The molecule has 1 aromatic carbocycles. The molecule has 0 spiro atoms. The average molecular weight is 223 g/mol. The van der Waals surface area contributed by atoms with Gasteiger partial charge in [0.1, 0.15) is 0 Å². The second-order valence-electron chi connectivity index (χ2n) is 3.74. The smallest absolute Gasteiger partial charge is 0.0951 e. The van der Waals surface area contributed by atoms with Crippen molar-refractivity contribution in [2.24, 2.45) is 5.73 Å². The Hall–Kier alpha value is -0.900. The Morgan fingerprint density at radius 2 is 1.94 bits per heavy atom. The van der Waals surface area contributed by atoms with E-state index < -0.39 is 0 Å². The Bertz CT molecular complexity index is 277. The monoisotopic (exact) mass is 223 g/mol. The standard InChI is InChI=1S/C13H21NO2/c1-3-15-10-11(2)16-13(9-14)12-7-5-4-6-8-12/h4-8,11,13H,3,9-10,14H2,1-2H3. The van der Waals surface area contributed by atoms with Gasteiger partial charge in [-0.3, -0.25) is 0 Å². The van der Waals surface area contributed by atoms with E-state index in [0.717, 1.165) is 5.56 Å². The van der Waals surface area contributed by atoms with Gasteiger partial charge >= 0.3 is 0 Å². The maximum atomic E-state index is 5.84. The van der Waals surface area contributed by atoms with Gasteiger partial charge in [-0.1, -0.05) is 30.3 Å². The molecule has 0 aliphatic heterocycles. The Kier molecular flexibility index (Phi) is 6.08. The van der Waals surface area contributed by atoms with Crippen LogP contribution >= 0.6 is 0 Å². The molecule has 0 heterocycles. The van der Waals surface area contributed by atoms with Crippen LogP contribution in [0.3, 0.4) is 0 Å². The zero-order valence-corrected chi connectivity index (χ0v) is 10.1. The van der Waals surface area contributed by atoms with Crippen molar-refractivity contribution in [3.63, 3.8) is 0 Å². The van der Waals surface area contributed by atoms with Crippen LogP contribution in [0.4, 0.5) is 0 Å². The van der Waals surface area contributed by atoms with Gasteiger partial charge in [0.25, 0.3) is 0 Å². The van der Waals surface area contributed by atoms with E-state index in [2.05, 4.69) is 0 Å². The lowest BCUT2D eigenvalue weighted by Crippen LogP contribution is -2.24. The van der Waals surface area contributed by atoms with E-state index in [4.69, 9.17) is 15.2 Å². The van der Waals surface area contributed by atoms with Crippen molar-refractivity contribution in [2.75, 3.05) is 19.8 Å². The summed E-state index contributed by atoms with van der Waals surface area (Å²) in [5, 5.41) is 0. The number of ether oxygens (including phenoxy) is 2. The third kappa shape index (κ3) is 4.31. The Morgan fingerprint density at radius 1 is 1.25 bits per heavy atom. The molecule has 0 saturated heterocycles. The van der Waals surface area contributed by atoms with Crippen LogP contribution in [0.1, 0.15) is 25.5 Å². The van der Waals surface area contributed by atoms with Crippen LogP contribution in [-0.2, 0) is 9.47 Å². The lowest BCUT2D eigenvalue weighted by molar-refractivity contribution is -0.0441. The summed E-state index contributed by atoms with van der Waals surface area (Å²) in [7, 11) is 0. The summed E-state index contributed by atoms with van der Waals surface area (Å²) in [5.74, 6) is 0. The molecule has 0 fully saturated rings. The molecule has 1 rings (SSSR count). The fourth-order valence-electron chi connectivity index (χ4n) is 1.54. The lowest BCUT2D eigenvalue weighted by atomic mass is 10.1. The summed E-state index contributed by atoms with van der Waals surface area (Å²) in [4.78, 5) is 0. The molecule has 2 atom stereocenters. The highest BCUT2D eigenvalue weighted by molar-refractivity contribution is 5.17. The molecule has 16 heavy (non-hydrogen) atoms. The number of hydrogen-bond acceptors (Lipinski definition) is 3. The molecule has 0 saturated carbocycles. The van der Waals surface area contributed by atoms with Crippen molar-refractivity contribution in [1.29, 1.82) is 0 Å². The van der Waals surface area contributed by atoms with Crippen molar-refractivity contribution >= 4 is 0 Å².